The van der Waals surface area contributed by atoms with Gasteiger partial charge < -0.3 is 15.0 Å². The summed E-state index contributed by atoms with van der Waals surface area (Å²) >= 11 is 6.18. The fourth-order valence-corrected chi connectivity index (χ4v) is 2.97. The molecule has 2 rings (SSSR count). The summed E-state index contributed by atoms with van der Waals surface area (Å²) in [6.07, 6.45) is 1.83. The first-order chi connectivity index (χ1) is 11.2. The highest BCUT2D eigenvalue weighted by Gasteiger charge is 2.28. The second kappa shape index (κ2) is 10.8. The van der Waals surface area contributed by atoms with Gasteiger partial charge in [-0.15, -0.1) is 24.0 Å². The summed E-state index contributed by atoms with van der Waals surface area (Å²) in [5, 5.41) is 4.06. The van der Waals surface area contributed by atoms with Crippen LogP contribution >= 0.6 is 35.6 Å². The van der Waals surface area contributed by atoms with Crippen molar-refractivity contribution in [3.63, 3.8) is 0 Å². The van der Waals surface area contributed by atoms with E-state index in [9.17, 15) is 4.79 Å². The Hall–Kier alpha value is -1.02. The molecule has 1 saturated heterocycles. The number of carbonyl (C=O) groups excluding carboxylic acids is 1. The number of nitrogens with one attached hydrogen (secondary N) is 1. The lowest BCUT2D eigenvalue weighted by Gasteiger charge is -2.34. The lowest BCUT2D eigenvalue weighted by molar-refractivity contribution is -0.149. The first kappa shape index (κ1) is 21.0. The maximum absolute atomic E-state index is 12.0. The van der Waals surface area contributed by atoms with Gasteiger partial charge in [0.25, 0.3) is 0 Å². The Morgan fingerprint density at radius 3 is 2.88 bits per heavy atom. The minimum absolute atomic E-state index is 0. The van der Waals surface area contributed by atoms with E-state index in [2.05, 4.69) is 15.2 Å². The molecule has 0 saturated carbocycles. The van der Waals surface area contributed by atoms with Gasteiger partial charge in [0.2, 0.25) is 0 Å². The molecule has 0 aromatic heterocycles. The van der Waals surface area contributed by atoms with Crippen molar-refractivity contribution < 1.29 is 9.53 Å². The maximum Gasteiger partial charge on any atom is 0.310 e. The molecule has 1 aliphatic heterocycles. The lowest BCUT2D eigenvalue weighted by atomic mass is 9.98. The summed E-state index contributed by atoms with van der Waals surface area (Å²) in [4.78, 5) is 18.4. The number of carbonyl (C=O) groups is 1. The molecule has 5 nitrogen and oxygen atoms in total. The van der Waals surface area contributed by atoms with Gasteiger partial charge in [0.05, 0.1) is 12.5 Å². The van der Waals surface area contributed by atoms with Gasteiger partial charge in [-0.25, -0.2) is 0 Å². The zero-order chi connectivity index (χ0) is 16.7. The van der Waals surface area contributed by atoms with Crippen LogP contribution in [0.15, 0.2) is 29.3 Å². The first-order valence-electron chi connectivity index (χ1n) is 8.01. The van der Waals surface area contributed by atoms with E-state index in [0.29, 0.717) is 19.7 Å². The minimum Gasteiger partial charge on any atom is -0.466 e. The number of ether oxygens (including phenoxy) is 1. The number of hydrogen-bond donors (Lipinski definition) is 1. The molecule has 134 valence electrons. The molecular formula is C17H25ClIN3O2. The van der Waals surface area contributed by atoms with Crippen LogP contribution in [0.3, 0.4) is 0 Å². The second-order valence-electron chi connectivity index (χ2n) is 5.53. The standard InChI is InChI=1S/C17H24ClN3O2.HI/c1-3-23-16(22)14-8-6-10-21(12-14)17(19-2)20-11-13-7-4-5-9-15(13)18;/h4-5,7,9,14H,3,6,8,10-12H2,1-2H3,(H,19,20);1H. The number of esters is 1. The van der Waals surface area contributed by atoms with E-state index in [0.717, 1.165) is 35.9 Å². The van der Waals surface area contributed by atoms with Gasteiger partial charge in [-0.3, -0.25) is 9.79 Å². The van der Waals surface area contributed by atoms with Crippen LogP contribution in [0.4, 0.5) is 0 Å². The summed E-state index contributed by atoms with van der Waals surface area (Å²) in [7, 11) is 1.75. The predicted octanol–water partition coefficient (Wildman–Crippen LogP) is 3.31. The molecule has 0 bridgehead atoms. The van der Waals surface area contributed by atoms with Crippen LogP contribution in [0, 0.1) is 5.92 Å². The zero-order valence-electron chi connectivity index (χ0n) is 14.1. The summed E-state index contributed by atoms with van der Waals surface area (Å²) in [5.74, 6) is 0.597. The largest absolute Gasteiger partial charge is 0.466 e. The van der Waals surface area contributed by atoms with Gasteiger partial charge in [-0.1, -0.05) is 29.8 Å². The van der Waals surface area contributed by atoms with E-state index in [-0.39, 0.29) is 35.9 Å². The topological polar surface area (TPSA) is 53.9 Å². The molecule has 0 radical (unpaired) electrons. The summed E-state index contributed by atoms with van der Waals surface area (Å²) < 4.78 is 5.14. The minimum atomic E-state index is -0.112. The zero-order valence-corrected chi connectivity index (χ0v) is 17.2. The molecule has 1 fully saturated rings. The molecule has 1 aliphatic rings. The van der Waals surface area contributed by atoms with Crippen molar-refractivity contribution in [1.29, 1.82) is 0 Å². The Balaban J connectivity index is 0.00000288. The van der Waals surface area contributed by atoms with Gasteiger partial charge >= 0.3 is 5.97 Å². The van der Waals surface area contributed by atoms with Crippen molar-refractivity contribution in [3.8, 4) is 0 Å². The smallest absolute Gasteiger partial charge is 0.310 e. The van der Waals surface area contributed by atoms with E-state index < -0.39 is 0 Å². The highest BCUT2D eigenvalue weighted by atomic mass is 127. The van der Waals surface area contributed by atoms with E-state index in [1.54, 1.807) is 7.05 Å². The molecule has 7 heteroatoms. The molecule has 0 aliphatic carbocycles. The van der Waals surface area contributed by atoms with Gasteiger partial charge in [0, 0.05) is 31.7 Å². The molecule has 0 amide bonds. The van der Waals surface area contributed by atoms with Crippen molar-refractivity contribution >= 4 is 47.5 Å². The third-order valence-corrected chi connectivity index (χ3v) is 4.32. The van der Waals surface area contributed by atoms with Crippen molar-refractivity contribution in [2.45, 2.75) is 26.3 Å². The van der Waals surface area contributed by atoms with Crippen LogP contribution in [-0.2, 0) is 16.1 Å². The van der Waals surface area contributed by atoms with Gasteiger partial charge in [0.15, 0.2) is 5.96 Å². The number of benzene rings is 1. The number of rotatable bonds is 4. The van der Waals surface area contributed by atoms with Crippen LogP contribution in [-0.4, -0.2) is 43.6 Å². The van der Waals surface area contributed by atoms with Crippen LogP contribution in [0.25, 0.3) is 0 Å². The summed E-state index contributed by atoms with van der Waals surface area (Å²) in [6.45, 7) is 4.39. The molecule has 1 N–H and O–H groups in total. The Labute approximate surface area is 165 Å². The van der Waals surface area contributed by atoms with E-state index in [1.165, 1.54) is 0 Å². The Morgan fingerprint density at radius 1 is 1.46 bits per heavy atom. The Kier molecular flexibility index (Phi) is 9.43. The molecule has 1 unspecified atom stereocenters. The van der Waals surface area contributed by atoms with Crippen LogP contribution in [0.1, 0.15) is 25.3 Å². The number of aliphatic imine (C=N–C) groups is 1. The highest BCUT2D eigenvalue weighted by molar-refractivity contribution is 14.0. The van der Waals surface area contributed by atoms with Crippen molar-refractivity contribution in [3.05, 3.63) is 34.9 Å². The average molecular weight is 466 g/mol. The number of nitrogens with zero attached hydrogens (tertiary/aromatic N) is 2. The summed E-state index contributed by atoms with van der Waals surface area (Å²) in [5.41, 5.74) is 1.02. The number of guanidine groups is 1. The van der Waals surface area contributed by atoms with E-state index in [1.807, 2.05) is 31.2 Å². The molecule has 1 aromatic rings. The van der Waals surface area contributed by atoms with Crippen molar-refractivity contribution in [2.75, 3.05) is 26.7 Å². The summed E-state index contributed by atoms with van der Waals surface area (Å²) in [6, 6.07) is 7.73. The normalized spacial score (nSPS) is 17.9. The maximum atomic E-state index is 12.0. The first-order valence-corrected chi connectivity index (χ1v) is 8.39. The van der Waals surface area contributed by atoms with Crippen molar-refractivity contribution in [1.82, 2.24) is 10.2 Å². The molecule has 0 spiro atoms. The molecule has 1 aromatic carbocycles. The van der Waals surface area contributed by atoms with E-state index >= 15 is 0 Å². The lowest BCUT2D eigenvalue weighted by Crippen LogP contribution is -2.48. The second-order valence-corrected chi connectivity index (χ2v) is 5.94. The predicted molar refractivity (Wildman–Crippen MR) is 108 cm³/mol. The number of likely N-dealkylation sites (tertiary alicyclic amines) is 1. The SMILES string of the molecule is CCOC(=O)C1CCCN(C(=NC)NCc2ccccc2Cl)C1.I. The number of hydrogen-bond acceptors (Lipinski definition) is 3. The van der Waals surface area contributed by atoms with Gasteiger partial charge in [-0.2, -0.15) is 0 Å². The van der Waals surface area contributed by atoms with Crippen LogP contribution in [0.5, 0.6) is 0 Å². The fraction of sp³-hybridized carbons (Fsp3) is 0.529. The fourth-order valence-electron chi connectivity index (χ4n) is 2.77. The highest BCUT2D eigenvalue weighted by Crippen LogP contribution is 2.19. The van der Waals surface area contributed by atoms with Crippen LogP contribution in [0.2, 0.25) is 5.02 Å². The van der Waals surface area contributed by atoms with Gasteiger partial charge in [0.1, 0.15) is 0 Å². The Morgan fingerprint density at radius 2 is 2.21 bits per heavy atom. The van der Waals surface area contributed by atoms with Crippen molar-refractivity contribution in [2.24, 2.45) is 10.9 Å². The molecule has 1 atom stereocenters. The number of piperidine rings is 1. The Bertz CT molecular complexity index is 569. The number of halogens is 2. The molecule has 1 heterocycles. The average Bonchev–Trinajstić information content (AvgIpc) is 2.57. The third-order valence-electron chi connectivity index (χ3n) is 3.95. The monoisotopic (exact) mass is 465 g/mol. The van der Waals surface area contributed by atoms with Crippen LogP contribution < -0.4 is 5.32 Å². The van der Waals surface area contributed by atoms with Gasteiger partial charge in [-0.05, 0) is 31.4 Å². The molecule has 24 heavy (non-hydrogen) atoms. The molecular weight excluding hydrogens is 441 g/mol. The quantitative estimate of drug-likeness (QED) is 0.321. The van der Waals surface area contributed by atoms with E-state index in [4.69, 9.17) is 16.3 Å². The third kappa shape index (κ3) is 5.81.